The van der Waals surface area contributed by atoms with Crippen LogP contribution in [0, 0.1) is 6.92 Å². The highest BCUT2D eigenvalue weighted by molar-refractivity contribution is 5.63. The Morgan fingerprint density at radius 3 is 2.71 bits per heavy atom. The van der Waals surface area contributed by atoms with Crippen molar-refractivity contribution in [1.82, 2.24) is 0 Å². The van der Waals surface area contributed by atoms with Gasteiger partial charge in [0.1, 0.15) is 7.05 Å². The van der Waals surface area contributed by atoms with Gasteiger partial charge < -0.3 is 0 Å². The number of benzene rings is 1. The smallest absolute Gasteiger partial charge is 0.198 e. The highest BCUT2D eigenvalue weighted by Crippen LogP contribution is 2.47. The average molecular weight is 278 g/mol. The average Bonchev–Trinajstić information content (AvgIpc) is 2.83. The summed E-state index contributed by atoms with van der Waals surface area (Å²) in [6, 6.07) is 11.3. The van der Waals surface area contributed by atoms with E-state index in [1.165, 1.54) is 48.9 Å². The maximum absolute atomic E-state index is 2.48. The molecule has 1 heteroatoms. The van der Waals surface area contributed by atoms with E-state index in [-0.39, 0.29) is 0 Å². The molecule has 4 rings (SSSR count). The van der Waals surface area contributed by atoms with Gasteiger partial charge in [0, 0.05) is 23.6 Å². The van der Waals surface area contributed by atoms with Crippen LogP contribution in [0.5, 0.6) is 0 Å². The molecule has 1 aromatic carbocycles. The second kappa shape index (κ2) is 4.43. The van der Waals surface area contributed by atoms with E-state index in [1.54, 1.807) is 16.8 Å². The van der Waals surface area contributed by atoms with Crippen LogP contribution in [0.25, 0.3) is 11.3 Å². The molecule has 0 amide bonds. The fourth-order valence-electron chi connectivity index (χ4n) is 4.62. The summed E-state index contributed by atoms with van der Waals surface area (Å²) in [4.78, 5) is 0. The van der Waals surface area contributed by atoms with Gasteiger partial charge in [-0.1, -0.05) is 25.1 Å². The van der Waals surface area contributed by atoms with Gasteiger partial charge in [-0.25, -0.2) is 0 Å². The summed E-state index contributed by atoms with van der Waals surface area (Å²) >= 11 is 0. The minimum absolute atomic E-state index is 0.449. The Bertz CT molecular complexity index is 729. The van der Waals surface area contributed by atoms with Crippen LogP contribution in [0.4, 0.5) is 0 Å². The molecule has 0 aliphatic heterocycles. The number of aryl methyl sites for hydroxylation is 2. The molecular weight excluding hydrogens is 254 g/mol. The van der Waals surface area contributed by atoms with Gasteiger partial charge in [0.25, 0.3) is 0 Å². The van der Waals surface area contributed by atoms with Crippen molar-refractivity contribution < 1.29 is 4.57 Å². The molecule has 0 saturated carbocycles. The molecule has 1 nitrogen and oxygen atoms in total. The summed E-state index contributed by atoms with van der Waals surface area (Å²) in [6.45, 7) is 4.70. The SMILES string of the molecule is Cc1ccccc1-c1cc2c3c([n+]1C)CCC3(C)CCC2. The second-order valence-electron chi connectivity index (χ2n) is 7.16. The molecule has 0 radical (unpaired) electrons. The van der Waals surface area contributed by atoms with E-state index in [0.29, 0.717) is 5.41 Å². The van der Waals surface area contributed by atoms with Gasteiger partial charge in [-0.2, -0.15) is 4.57 Å². The lowest BCUT2D eigenvalue weighted by molar-refractivity contribution is -0.668. The lowest BCUT2D eigenvalue weighted by Gasteiger charge is -2.31. The first-order valence-corrected chi connectivity index (χ1v) is 8.21. The molecule has 1 unspecified atom stereocenters. The van der Waals surface area contributed by atoms with Crippen LogP contribution < -0.4 is 4.57 Å². The van der Waals surface area contributed by atoms with E-state index < -0.39 is 0 Å². The zero-order valence-corrected chi connectivity index (χ0v) is 13.4. The molecular formula is C20H24N+. The molecule has 0 fully saturated rings. The lowest BCUT2D eigenvalue weighted by Crippen LogP contribution is -2.38. The number of hydrogen-bond acceptors (Lipinski definition) is 0. The molecule has 0 N–H and O–H groups in total. The number of hydrogen-bond donors (Lipinski definition) is 0. The molecule has 1 heterocycles. The van der Waals surface area contributed by atoms with Gasteiger partial charge in [-0.05, 0) is 55.2 Å². The minimum atomic E-state index is 0.449. The Hall–Kier alpha value is -1.63. The predicted molar refractivity (Wildman–Crippen MR) is 86.4 cm³/mol. The van der Waals surface area contributed by atoms with Crippen molar-refractivity contribution in [2.75, 3.05) is 0 Å². The van der Waals surface area contributed by atoms with Crippen LogP contribution in [-0.2, 0) is 25.3 Å². The molecule has 1 atom stereocenters. The zero-order chi connectivity index (χ0) is 14.6. The van der Waals surface area contributed by atoms with Crippen LogP contribution in [0.15, 0.2) is 30.3 Å². The second-order valence-corrected chi connectivity index (χ2v) is 7.16. The van der Waals surface area contributed by atoms with E-state index in [4.69, 9.17) is 0 Å². The molecule has 2 aliphatic rings. The molecule has 21 heavy (non-hydrogen) atoms. The fourth-order valence-corrected chi connectivity index (χ4v) is 4.62. The first-order chi connectivity index (χ1) is 10.1. The highest BCUT2D eigenvalue weighted by atomic mass is 15.0. The van der Waals surface area contributed by atoms with Crippen molar-refractivity contribution in [2.24, 2.45) is 7.05 Å². The van der Waals surface area contributed by atoms with E-state index >= 15 is 0 Å². The summed E-state index contributed by atoms with van der Waals surface area (Å²) in [6.07, 6.45) is 6.56. The molecule has 0 saturated heterocycles. The Labute approximate surface area is 127 Å². The van der Waals surface area contributed by atoms with Crippen molar-refractivity contribution in [2.45, 2.75) is 51.4 Å². The number of nitrogens with zero attached hydrogens (tertiary/aromatic N) is 1. The van der Waals surface area contributed by atoms with E-state index in [2.05, 4.69) is 55.8 Å². The van der Waals surface area contributed by atoms with Crippen LogP contribution in [0.3, 0.4) is 0 Å². The lowest BCUT2D eigenvalue weighted by atomic mass is 9.73. The molecule has 0 spiro atoms. The summed E-state index contributed by atoms with van der Waals surface area (Å²) in [5.74, 6) is 0. The van der Waals surface area contributed by atoms with E-state index in [1.807, 2.05) is 0 Å². The van der Waals surface area contributed by atoms with Gasteiger partial charge in [0.2, 0.25) is 5.69 Å². The third-order valence-corrected chi connectivity index (χ3v) is 5.80. The van der Waals surface area contributed by atoms with Crippen molar-refractivity contribution >= 4 is 0 Å². The maximum Gasteiger partial charge on any atom is 0.213 e. The summed E-state index contributed by atoms with van der Waals surface area (Å²) in [5, 5.41) is 0. The van der Waals surface area contributed by atoms with Crippen LogP contribution in [0.1, 0.15) is 48.6 Å². The van der Waals surface area contributed by atoms with Crippen LogP contribution >= 0.6 is 0 Å². The summed E-state index contributed by atoms with van der Waals surface area (Å²) in [7, 11) is 2.26. The largest absolute Gasteiger partial charge is 0.213 e. The Balaban J connectivity index is 1.99. The standard InChI is InChI=1S/C20H24N/c1-14-7-4-5-9-16(14)18-13-15-8-6-11-20(2)12-10-17(19(15)20)21(18)3/h4-5,7,9,13H,6,8,10-12H2,1-3H3/q+1. The summed E-state index contributed by atoms with van der Waals surface area (Å²) in [5.41, 5.74) is 9.50. The number of pyridine rings is 1. The highest BCUT2D eigenvalue weighted by Gasteiger charge is 2.43. The first-order valence-electron chi connectivity index (χ1n) is 8.21. The molecule has 108 valence electrons. The summed E-state index contributed by atoms with van der Waals surface area (Å²) < 4.78 is 2.47. The predicted octanol–water partition coefficient (Wildman–Crippen LogP) is 4.03. The van der Waals surface area contributed by atoms with Crippen molar-refractivity contribution in [3.8, 4) is 11.3 Å². The normalized spacial score (nSPS) is 23.2. The van der Waals surface area contributed by atoms with Gasteiger partial charge in [0.05, 0.1) is 0 Å². The van der Waals surface area contributed by atoms with Gasteiger partial charge in [0.15, 0.2) is 5.69 Å². The van der Waals surface area contributed by atoms with Crippen LogP contribution in [0.2, 0.25) is 0 Å². The third kappa shape index (κ3) is 1.79. The zero-order valence-electron chi connectivity index (χ0n) is 13.4. The molecule has 2 aromatic rings. The van der Waals surface area contributed by atoms with Gasteiger partial charge >= 0.3 is 0 Å². The Morgan fingerprint density at radius 2 is 1.90 bits per heavy atom. The van der Waals surface area contributed by atoms with E-state index in [0.717, 1.165) is 0 Å². The Kier molecular flexibility index (Phi) is 2.76. The maximum atomic E-state index is 2.48. The first kappa shape index (κ1) is 13.1. The number of aromatic nitrogens is 1. The quantitative estimate of drug-likeness (QED) is 0.694. The molecule has 1 aromatic heterocycles. The molecule has 2 aliphatic carbocycles. The Morgan fingerprint density at radius 1 is 1.10 bits per heavy atom. The third-order valence-electron chi connectivity index (χ3n) is 5.80. The number of rotatable bonds is 1. The van der Waals surface area contributed by atoms with Gasteiger partial charge in [-0.15, -0.1) is 0 Å². The minimum Gasteiger partial charge on any atom is -0.198 e. The van der Waals surface area contributed by atoms with Crippen molar-refractivity contribution in [1.29, 1.82) is 0 Å². The monoisotopic (exact) mass is 278 g/mol. The van der Waals surface area contributed by atoms with Crippen LogP contribution in [-0.4, -0.2) is 0 Å². The van der Waals surface area contributed by atoms with Crippen molar-refractivity contribution in [3.63, 3.8) is 0 Å². The van der Waals surface area contributed by atoms with Crippen molar-refractivity contribution in [3.05, 3.63) is 52.7 Å². The van der Waals surface area contributed by atoms with E-state index in [9.17, 15) is 0 Å². The molecule has 0 bridgehead atoms. The fraction of sp³-hybridized carbons (Fsp3) is 0.450. The topological polar surface area (TPSA) is 3.88 Å². The van der Waals surface area contributed by atoms with Gasteiger partial charge in [-0.3, -0.25) is 0 Å².